The van der Waals surface area contributed by atoms with Crippen LogP contribution in [0.3, 0.4) is 0 Å². The number of rotatable bonds is 20. The minimum absolute atomic E-state index is 0.0571. The highest BCUT2D eigenvalue weighted by molar-refractivity contribution is 5.86. The third kappa shape index (κ3) is 6.98. The fourth-order valence-electron chi connectivity index (χ4n) is 7.47. The van der Waals surface area contributed by atoms with Crippen LogP contribution in [-0.4, -0.2) is 22.2 Å². The van der Waals surface area contributed by atoms with Gasteiger partial charge in [0.2, 0.25) is 0 Å². The molecular weight excluding hydrogens is 412 g/mol. The Hall–Kier alpha value is -1.06. The highest BCUT2D eigenvalue weighted by Crippen LogP contribution is 2.71. The van der Waals surface area contributed by atoms with E-state index in [-0.39, 0.29) is 11.3 Å². The first-order chi connectivity index (χ1) is 15.9. The molecule has 4 heteroatoms. The number of unbranched alkanes of at least 4 members (excludes halogenated alkanes) is 14. The molecule has 0 aromatic heterocycles. The molecule has 0 spiro atoms. The molecule has 0 amide bonds. The predicted octanol–water partition coefficient (Wildman–Crippen LogP) is 8.62. The first-order valence-electron chi connectivity index (χ1n) is 14.4. The van der Waals surface area contributed by atoms with E-state index in [2.05, 4.69) is 13.8 Å². The fourth-order valence-corrected chi connectivity index (χ4v) is 7.47. The van der Waals surface area contributed by atoms with Crippen LogP contribution in [0, 0.1) is 22.7 Å². The van der Waals surface area contributed by atoms with Gasteiger partial charge in [-0.25, -0.2) is 0 Å². The lowest BCUT2D eigenvalue weighted by molar-refractivity contribution is -0.175. The van der Waals surface area contributed by atoms with Crippen molar-refractivity contribution < 1.29 is 19.8 Å². The quantitative estimate of drug-likeness (QED) is 0.177. The Morgan fingerprint density at radius 3 is 1.61 bits per heavy atom. The maximum Gasteiger partial charge on any atom is 0.311 e. The summed E-state index contributed by atoms with van der Waals surface area (Å²) in [6, 6.07) is 0. The summed E-state index contributed by atoms with van der Waals surface area (Å²) >= 11 is 0. The number of hydrogen-bond acceptors (Lipinski definition) is 2. The zero-order valence-electron chi connectivity index (χ0n) is 21.7. The van der Waals surface area contributed by atoms with Crippen molar-refractivity contribution in [3.05, 3.63) is 0 Å². The number of carbonyl (C=O) groups is 2. The van der Waals surface area contributed by atoms with E-state index in [1.807, 2.05) is 0 Å². The standard InChI is InChI=1S/C29H52O4/c1-3-5-7-9-11-13-15-17-20-28-22-19-24(23-28)25(26(30)31)29(28,27(32)33)21-18-16-14-12-10-8-6-4-2/h24-25H,3-23H2,1-2H3,(H,30,31)(H,32,33). The zero-order valence-corrected chi connectivity index (χ0v) is 21.7. The zero-order chi connectivity index (χ0) is 24.2. The number of carboxylic acids is 2. The summed E-state index contributed by atoms with van der Waals surface area (Å²) in [5.74, 6) is -2.32. The number of aliphatic carboxylic acids is 2. The summed E-state index contributed by atoms with van der Waals surface area (Å²) in [6.45, 7) is 4.46. The topological polar surface area (TPSA) is 74.6 Å². The molecule has 2 N–H and O–H groups in total. The Bertz CT molecular complexity index is 588. The van der Waals surface area contributed by atoms with E-state index in [1.54, 1.807) is 0 Å². The van der Waals surface area contributed by atoms with Gasteiger partial charge in [-0.05, 0) is 43.4 Å². The van der Waals surface area contributed by atoms with Gasteiger partial charge in [0.25, 0.3) is 0 Å². The molecule has 33 heavy (non-hydrogen) atoms. The molecule has 2 saturated carbocycles. The van der Waals surface area contributed by atoms with Crippen molar-refractivity contribution in [3.8, 4) is 0 Å². The van der Waals surface area contributed by atoms with Crippen LogP contribution >= 0.6 is 0 Å². The number of carboxylic acid groups (broad SMARTS) is 2. The van der Waals surface area contributed by atoms with Crippen LogP contribution in [0.2, 0.25) is 0 Å². The fraction of sp³-hybridized carbons (Fsp3) is 0.931. The van der Waals surface area contributed by atoms with Crippen molar-refractivity contribution in [1.29, 1.82) is 0 Å². The molecule has 0 aromatic rings. The lowest BCUT2D eigenvalue weighted by atomic mass is 9.54. The van der Waals surface area contributed by atoms with Crippen molar-refractivity contribution in [1.82, 2.24) is 0 Å². The van der Waals surface area contributed by atoms with E-state index in [0.717, 1.165) is 57.8 Å². The third-order valence-electron chi connectivity index (χ3n) is 9.18. The lowest BCUT2D eigenvalue weighted by Gasteiger charge is -2.47. The van der Waals surface area contributed by atoms with E-state index >= 15 is 0 Å². The lowest BCUT2D eigenvalue weighted by Crippen LogP contribution is -2.52. The van der Waals surface area contributed by atoms with Gasteiger partial charge in [0, 0.05) is 0 Å². The molecule has 0 aliphatic heterocycles. The maximum absolute atomic E-state index is 12.8. The van der Waals surface area contributed by atoms with Gasteiger partial charge < -0.3 is 10.2 Å². The summed E-state index contributed by atoms with van der Waals surface area (Å²) in [7, 11) is 0. The van der Waals surface area contributed by atoms with Crippen molar-refractivity contribution in [2.75, 3.05) is 0 Å². The predicted molar refractivity (Wildman–Crippen MR) is 135 cm³/mol. The highest BCUT2D eigenvalue weighted by atomic mass is 16.4. The largest absolute Gasteiger partial charge is 0.481 e. The van der Waals surface area contributed by atoms with Gasteiger partial charge in [-0.1, -0.05) is 117 Å². The minimum atomic E-state index is -1.05. The summed E-state index contributed by atoms with van der Waals surface area (Å²) in [5, 5.41) is 20.6. The van der Waals surface area contributed by atoms with Crippen molar-refractivity contribution in [3.63, 3.8) is 0 Å². The van der Waals surface area contributed by atoms with E-state index in [1.165, 1.54) is 70.6 Å². The van der Waals surface area contributed by atoms with Gasteiger partial charge in [-0.15, -0.1) is 0 Å². The highest BCUT2D eigenvalue weighted by Gasteiger charge is 2.71. The van der Waals surface area contributed by atoms with E-state index < -0.39 is 23.3 Å². The number of hydrogen-bond donors (Lipinski definition) is 2. The number of fused-ring (bicyclic) bond motifs is 2. The van der Waals surface area contributed by atoms with Crippen LogP contribution in [0.1, 0.15) is 149 Å². The molecule has 2 rings (SSSR count). The van der Waals surface area contributed by atoms with Gasteiger partial charge >= 0.3 is 11.9 Å². The Labute approximate surface area is 203 Å². The van der Waals surface area contributed by atoms with Gasteiger partial charge in [0.05, 0.1) is 11.3 Å². The van der Waals surface area contributed by atoms with Gasteiger partial charge in [-0.2, -0.15) is 0 Å². The molecule has 0 heterocycles. The van der Waals surface area contributed by atoms with Crippen LogP contribution in [0.25, 0.3) is 0 Å². The molecule has 0 saturated heterocycles. The Balaban J connectivity index is 1.95. The molecule has 4 atom stereocenters. The average Bonchev–Trinajstić information content (AvgIpc) is 3.32. The Morgan fingerprint density at radius 1 is 0.697 bits per heavy atom. The van der Waals surface area contributed by atoms with Crippen molar-refractivity contribution in [2.45, 2.75) is 149 Å². The first kappa shape index (κ1) is 28.2. The molecule has 2 aliphatic rings. The molecule has 4 unspecified atom stereocenters. The van der Waals surface area contributed by atoms with Crippen LogP contribution in [0.4, 0.5) is 0 Å². The summed E-state index contributed by atoms with van der Waals surface area (Å²) in [6.07, 6.45) is 23.4. The maximum atomic E-state index is 12.8. The molecule has 2 aliphatic carbocycles. The Kier molecular flexibility index (Phi) is 12.3. The van der Waals surface area contributed by atoms with E-state index in [9.17, 15) is 19.8 Å². The summed E-state index contributed by atoms with van der Waals surface area (Å²) < 4.78 is 0. The van der Waals surface area contributed by atoms with E-state index in [4.69, 9.17) is 0 Å². The van der Waals surface area contributed by atoms with Crippen molar-refractivity contribution in [2.24, 2.45) is 22.7 Å². The van der Waals surface area contributed by atoms with Gasteiger partial charge in [0.15, 0.2) is 0 Å². The smallest absolute Gasteiger partial charge is 0.311 e. The van der Waals surface area contributed by atoms with Crippen LogP contribution in [0.15, 0.2) is 0 Å². The Morgan fingerprint density at radius 2 is 1.15 bits per heavy atom. The van der Waals surface area contributed by atoms with Crippen LogP contribution in [0.5, 0.6) is 0 Å². The second kappa shape index (κ2) is 14.4. The second-order valence-corrected chi connectivity index (χ2v) is 11.3. The second-order valence-electron chi connectivity index (χ2n) is 11.3. The SMILES string of the molecule is CCCCCCCCCCC12CCC(C1)C(C(=O)O)C2(CCCCCCCCCC)C(=O)O. The van der Waals surface area contributed by atoms with Crippen LogP contribution in [-0.2, 0) is 9.59 Å². The molecule has 2 fully saturated rings. The van der Waals surface area contributed by atoms with Crippen molar-refractivity contribution >= 4 is 11.9 Å². The normalized spacial score (nSPS) is 28.4. The molecule has 192 valence electrons. The molecular formula is C29H52O4. The molecule has 0 aromatic carbocycles. The minimum Gasteiger partial charge on any atom is -0.481 e. The molecule has 0 radical (unpaired) electrons. The monoisotopic (exact) mass is 464 g/mol. The van der Waals surface area contributed by atoms with Gasteiger partial charge in [-0.3, -0.25) is 9.59 Å². The van der Waals surface area contributed by atoms with Crippen LogP contribution < -0.4 is 0 Å². The van der Waals surface area contributed by atoms with E-state index in [0.29, 0.717) is 6.42 Å². The third-order valence-corrected chi connectivity index (χ3v) is 9.18. The summed E-state index contributed by atoms with van der Waals surface area (Å²) in [5.41, 5.74) is -1.35. The first-order valence-corrected chi connectivity index (χ1v) is 14.4. The molecule has 4 nitrogen and oxygen atoms in total. The summed E-state index contributed by atoms with van der Waals surface area (Å²) in [4.78, 5) is 25.2. The van der Waals surface area contributed by atoms with Gasteiger partial charge in [0.1, 0.15) is 0 Å². The molecule has 2 bridgehead atoms. The average molecular weight is 465 g/mol.